The summed E-state index contributed by atoms with van der Waals surface area (Å²) >= 11 is 0. The van der Waals surface area contributed by atoms with E-state index in [1.165, 1.54) is 5.69 Å². The summed E-state index contributed by atoms with van der Waals surface area (Å²) in [6, 6.07) is 8.38. The molecule has 1 saturated heterocycles. The first-order valence-electron chi connectivity index (χ1n) is 10.9. The van der Waals surface area contributed by atoms with E-state index in [9.17, 15) is 4.79 Å². The van der Waals surface area contributed by atoms with Gasteiger partial charge in [0.05, 0.1) is 5.70 Å². The predicted molar refractivity (Wildman–Crippen MR) is 125 cm³/mol. The van der Waals surface area contributed by atoms with Gasteiger partial charge in [0, 0.05) is 61.6 Å². The Labute approximate surface area is 186 Å². The lowest BCUT2D eigenvalue weighted by atomic mass is 10.1. The van der Waals surface area contributed by atoms with Crippen molar-refractivity contribution in [2.75, 3.05) is 50.5 Å². The summed E-state index contributed by atoms with van der Waals surface area (Å²) < 4.78 is 0. The number of carbonyl (C=O) groups excluding carboxylic acids is 1. The van der Waals surface area contributed by atoms with Crippen LogP contribution >= 0.6 is 0 Å². The summed E-state index contributed by atoms with van der Waals surface area (Å²) in [5.41, 5.74) is 13.0. The number of likely N-dealkylation sites (N-methyl/N-ethyl adjacent to an activating group) is 2. The van der Waals surface area contributed by atoms with Gasteiger partial charge in [-0.05, 0) is 44.2 Å². The Balaban J connectivity index is 1.44. The smallest absolute Gasteiger partial charge is 0.266 e. The number of anilines is 3. The van der Waals surface area contributed by atoms with Gasteiger partial charge in [0.1, 0.15) is 11.0 Å². The minimum Gasteiger partial charge on any atom is -0.369 e. The van der Waals surface area contributed by atoms with Crippen molar-refractivity contribution in [2.24, 2.45) is 5.73 Å². The van der Waals surface area contributed by atoms with Crippen molar-refractivity contribution in [3.63, 3.8) is 0 Å². The Morgan fingerprint density at radius 1 is 1.12 bits per heavy atom. The average molecular weight is 433 g/mol. The van der Waals surface area contributed by atoms with Crippen molar-refractivity contribution in [3.8, 4) is 0 Å². The van der Waals surface area contributed by atoms with Crippen molar-refractivity contribution < 1.29 is 4.79 Å². The van der Waals surface area contributed by atoms with Gasteiger partial charge in [0.15, 0.2) is 0 Å². The molecule has 4 N–H and O–H groups in total. The summed E-state index contributed by atoms with van der Waals surface area (Å²) in [6.07, 6.45) is 5.45. The van der Waals surface area contributed by atoms with Gasteiger partial charge < -0.3 is 20.9 Å². The molecule has 0 saturated carbocycles. The molecule has 1 amide bonds. The van der Waals surface area contributed by atoms with Crippen LogP contribution in [0.2, 0.25) is 0 Å². The number of hydrogen-bond acceptors (Lipinski definition) is 8. The number of nitrogens with two attached hydrogens (primary N) is 1. The Morgan fingerprint density at radius 2 is 1.88 bits per heavy atom. The number of nitrogens with zero attached hydrogens (tertiary/aromatic N) is 5. The number of primary amides is 1. The van der Waals surface area contributed by atoms with Crippen LogP contribution in [0.3, 0.4) is 0 Å². The highest BCUT2D eigenvalue weighted by atomic mass is 16.1. The fourth-order valence-electron chi connectivity index (χ4n) is 4.47. The number of aromatic nitrogens is 2. The average Bonchev–Trinajstić information content (AvgIpc) is 3.00. The molecule has 5 rings (SSSR count). The topological polar surface area (TPSA) is 103 Å². The molecule has 1 fully saturated rings. The zero-order valence-electron chi connectivity index (χ0n) is 18.4. The lowest BCUT2D eigenvalue weighted by Crippen LogP contribution is -2.44. The van der Waals surface area contributed by atoms with Gasteiger partial charge >= 0.3 is 0 Å². The molecule has 166 valence electrons. The third kappa shape index (κ3) is 3.75. The Bertz CT molecular complexity index is 1200. The van der Waals surface area contributed by atoms with Crippen LogP contribution in [0.25, 0.3) is 11.8 Å². The first-order chi connectivity index (χ1) is 15.5. The number of benzene rings is 1. The zero-order valence-corrected chi connectivity index (χ0v) is 18.4. The molecule has 1 aromatic carbocycles. The van der Waals surface area contributed by atoms with E-state index in [4.69, 9.17) is 10.7 Å². The summed E-state index contributed by atoms with van der Waals surface area (Å²) in [5, 5.41) is 6.87. The molecule has 9 nitrogen and oxygen atoms in total. The summed E-state index contributed by atoms with van der Waals surface area (Å²) in [7, 11) is 4.03. The SMILES string of the molecule is CN1CCN(c2ccc(Nc3ncc4c(n3)=C3C(=C(C(N)=O)NN3C)CCC=4)cc2)CC1. The number of piperazine rings is 1. The summed E-state index contributed by atoms with van der Waals surface area (Å²) in [6.45, 7) is 4.24. The summed E-state index contributed by atoms with van der Waals surface area (Å²) in [5.74, 6) is 0.0531. The second kappa shape index (κ2) is 8.16. The molecule has 2 aromatic rings. The Morgan fingerprint density at radius 3 is 2.59 bits per heavy atom. The third-order valence-corrected chi connectivity index (χ3v) is 6.24. The van der Waals surface area contributed by atoms with Crippen molar-refractivity contribution >= 4 is 35.0 Å². The van der Waals surface area contributed by atoms with Crippen LogP contribution in [-0.2, 0) is 4.79 Å². The number of nitrogens with one attached hydrogen (secondary N) is 2. The van der Waals surface area contributed by atoms with Gasteiger partial charge in [-0.25, -0.2) is 9.97 Å². The first kappa shape index (κ1) is 20.3. The molecule has 3 heterocycles. The molecule has 0 atom stereocenters. The number of amides is 1. The number of carbonyl (C=O) groups is 1. The maximum absolute atomic E-state index is 11.9. The van der Waals surface area contributed by atoms with Crippen molar-refractivity contribution in [2.45, 2.75) is 12.8 Å². The number of hydrazine groups is 1. The number of hydrogen-bond donors (Lipinski definition) is 3. The van der Waals surface area contributed by atoms with Crippen LogP contribution < -0.4 is 31.9 Å². The van der Waals surface area contributed by atoms with Crippen LogP contribution in [0.5, 0.6) is 0 Å². The molecular weight excluding hydrogens is 404 g/mol. The monoisotopic (exact) mass is 432 g/mol. The highest BCUT2D eigenvalue weighted by Crippen LogP contribution is 2.28. The summed E-state index contributed by atoms with van der Waals surface area (Å²) in [4.78, 5) is 26.0. The lowest BCUT2D eigenvalue weighted by molar-refractivity contribution is -0.115. The second-order valence-electron chi connectivity index (χ2n) is 8.44. The zero-order chi connectivity index (χ0) is 22.2. The van der Waals surface area contributed by atoms with Crippen LogP contribution in [-0.4, -0.2) is 66.1 Å². The van der Waals surface area contributed by atoms with Crippen LogP contribution in [0, 0.1) is 0 Å². The van der Waals surface area contributed by atoms with E-state index in [0.29, 0.717) is 11.6 Å². The van der Waals surface area contributed by atoms with Gasteiger partial charge in [-0.2, -0.15) is 0 Å². The highest BCUT2D eigenvalue weighted by molar-refractivity contribution is 5.96. The van der Waals surface area contributed by atoms with E-state index in [-0.39, 0.29) is 0 Å². The standard InChI is InChI=1S/C23H28N8O/c1-29-10-12-31(13-11-29)17-8-6-16(7-9-17)26-23-25-14-15-4-3-5-18-20(22(24)32)28-30(2)21(18)19(15)27-23/h4,6-9,14,28H,3,5,10-13H2,1-2H3,(H2,24,32)(H,26,27). The molecule has 0 bridgehead atoms. The molecule has 1 aliphatic carbocycles. The second-order valence-corrected chi connectivity index (χ2v) is 8.44. The first-order valence-corrected chi connectivity index (χ1v) is 10.9. The van der Waals surface area contributed by atoms with Crippen LogP contribution in [0.1, 0.15) is 12.8 Å². The maximum atomic E-state index is 11.9. The lowest BCUT2D eigenvalue weighted by Gasteiger charge is -2.34. The van der Waals surface area contributed by atoms with Crippen molar-refractivity contribution in [3.05, 3.63) is 52.3 Å². The molecule has 9 heteroatoms. The van der Waals surface area contributed by atoms with Gasteiger partial charge in [0.25, 0.3) is 5.91 Å². The van der Waals surface area contributed by atoms with E-state index in [2.05, 4.69) is 62.9 Å². The number of rotatable bonds is 4. The van der Waals surface area contributed by atoms with Crippen LogP contribution in [0.15, 0.2) is 41.7 Å². The molecule has 2 aliphatic heterocycles. The van der Waals surface area contributed by atoms with Crippen molar-refractivity contribution in [1.82, 2.24) is 25.3 Å². The van der Waals surface area contributed by atoms with E-state index in [0.717, 1.165) is 66.5 Å². The molecule has 1 aromatic heterocycles. The Kier molecular flexibility index (Phi) is 5.18. The van der Waals surface area contributed by atoms with E-state index in [1.54, 1.807) is 0 Å². The van der Waals surface area contributed by atoms with Gasteiger partial charge in [0.2, 0.25) is 5.95 Å². The van der Waals surface area contributed by atoms with Gasteiger partial charge in [-0.1, -0.05) is 6.08 Å². The fraction of sp³-hybridized carbons (Fsp3) is 0.348. The minimum atomic E-state index is -0.460. The molecule has 0 unspecified atom stereocenters. The highest BCUT2D eigenvalue weighted by Gasteiger charge is 2.29. The Hall–Kier alpha value is -3.59. The van der Waals surface area contributed by atoms with Gasteiger partial charge in [-0.3, -0.25) is 15.2 Å². The fourth-order valence-corrected chi connectivity index (χ4v) is 4.47. The predicted octanol–water partition coefficient (Wildman–Crippen LogP) is -0.156. The third-order valence-electron chi connectivity index (χ3n) is 6.24. The van der Waals surface area contributed by atoms with E-state index >= 15 is 0 Å². The quantitative estimate of drug-likeness (QED) is 0.613. The molecule has 3 aliphatic rings. The minimum absolute atomic E-state index is 0.441. The number of fused-ring (bicyclic) bond motifs is 2. The maximum Gasteiger partial charge on any atom is 0.266 e. The molecule has 32 heavy (non-hydrogen) atoms. The normalized spacial score (nSPS) is 18.5. The van der Waals surface area contributed by atoms with E-state index in [1.807, 2.05) is 18.3 Å². The van der Waals surface area contributed by atoms with Gasteiger partial charge in [-0.15, -0.1) is 0 Å². The molecule has 0 spiro atoms. The van der Waals surface area contributed by atoms with E-state index < -0.39 is 5.91 Å². The van der Waals surface area contributed by atoms with Crippen molar-refractivity contribution in [1.29, 1.82) is 0 Å². The molecular formula is C23H28N8O. The molecule has 0 radical (unpaired) electrons. The largest absolute Gasteiger partial charge is 0.369 e. The van der Waals surface area contributed by atoms with Crippen LogP contribution in [0.4, 0.5) is 17.3 Å².